The summed E-state index contributed by atoms with van der Waals surface area (Å²) in [6.45, 7) is 6.38. The molecule has 0 fully saturated rings. The first kappa shape index (κ1) is 31.9. The summed E-state index contributed by atoms with van der Waals surface area (Å²) < 4.78 is 73.1. The predicted molar refractivity (Wildman–Crippen MR) is 104 cm³/mol. The van der Waals surface area contributed by atoms with Gasteiger partial charge in [0.15, 0.2) is 5.75 Å². The number of ether oxygens (including phenoxy) is 2. The fourth-order valence-corrected chi connectivity index (χ4v) is 6.51. The quantitative estimate of drug-likeness (QED) is 0.121. The second kappa shape index (κ2) is 13.3. The third-order valence-electron chi connectivity index (χ3n) is 4.48. The van der Waals surface area contributed by atoms with Gasteiger partial charge in [0.25, 0.3) is 20.2 Å². The van der Waals surface area contributed by atoms with Crippen molar-refractivity contribution in [3.8, 4) is 5.75 Å². The molecule has 0 bridgehead atoms. The van der Waals surface area contributed by atoms with E-state index in [4.69, 9.17) is 14.0 Å². The zero-order valence-electron chi connectivity index (χ0n) is 19.3. The molecule has 0 aliphatic rings. The van der Waals surface area contributed by atoms with Crippen molar-refractivity contribution >= 4 is 33.7 Å². The van der Waals surface area contributed by atoms with Gasteiger partial charge in [0.2, 0.25) is 0 Å². The summed E-state index contributed by atoms with van der Waals surface area (Å²) in [5.74, 6) is -0.613. The molecule has 1 aromatic rings. The van der Waals surface area contributed by atoms with E-state index in [1.165, 1.54) is 0 Å². The van der Waals surface area contributed by atoms with Gasteiger partial charge in [-0.1, -0.05) is 0 Å². The van der Waals surface area contributed by atoms with Crippen molar-refractivity contribution in [3.05, 3.63) is 18.2 Å². The van der Waals surface area contributed by atoms with E-state index in [9.17, 15) is 26.2 Å². The summed E-state index contributed by atoms with van der Waals surface area (Å²) in [5.41, 5.74) is 0. The van der Waals surface area contributed by atoms with Gasteiger partial charge < -0.3 is 12.3 Å². The zero-order valence-corrected chi connectivity index (χ0v) is 23.8. The van der Waals surface area contributed by atoms with Crippen LogP contribution in [0, 0.1) is 0 Å². The molecule has 1 rings (SSSR count). The maximum Gasteiger partial charge on any atom is 1.00 e. The van der Waals surface area contributed by atoms with Crippen LogP contribution in [0.1, 0.15) is 23.6 Å². The van der Waals surface area contributed by atoms with Crippen LogP contribution in [0.4, 0.5) is 4.79 Å². The minimum absolute atomic E-state index is 0. The molecule has 158 valence electrons. The largest absolute Gasteiger partial charge is 1.00 e. The topological polar surface area (TPSA) is 144 Å². The van der Waals surface area contributed by atoms with Crippen molar-refractivity contribution in [2.24, 2.45) is 0 Å². The molecule has 0 atom stereocenters. The van der Waals surface area contributed by atoms with Crippen LogP contribution < -0.4 is 63.9 Å². The molecule has 0 unspecified atom stereocenters. The standard InChI is InChI=1S/C15H23O9PS2.2Na.2H/c1-4-25(5-2,6-3)10-9-23-15(16)24-13-8-7-12(26(17,18)19)11-14(13)27(20,21)22;;;;/h7-8,11H,4-6,9-10H2,1-3H3,(H-,17,18,19,20,21,22);;;;/q;2*+1;2*-1/p+1. The van der Waals surface area contributed by atoms with Crippen molar-refractivity contribution in [3.63, 3.8) is 0 Å². The number of rotatable bonds is 9. The molecule has 0 saturated heterocycles. The van der Waals surface area contributed by atoms with E-state index in [1.54, 1.807) is 0 Å². The summed E-state index contributed by atoms with van der Waals surface area (Å²) in [6, 6.07) is 2.14. The Labute approximate surface area is 219 Å². The molecular weight excluding hydrogens is 465 g/mol. The molecule has 0 radical (unpaired) electrons. The Morgan fingerprint density at radius 2 is 1.52 bits per heavy atom. The van der Waals surface area contributed by atoms with Gasteiger partial charge in [-0.05, 0) is 39.0 Å². The maximum atomic E-state index is 11.8. The van der Waals surface area contributed by atoms with Crippen molar-refractivity contribution in [1.29, 1.82) is 0 Å². The molecule has 0 heterocycles. The number of hydrogen-bond acceptors (Lipinski definition) is 7. The van der Waals surface area contributed by atoms with Gasteiger partial charge in [-0.2, -0.15) is 16.8 Å². The third kappa shape index (κ3) is 9.82. The number of benzene rings is 1. The Bertz CT molecular complexity index is 887. The van der Waals surface area contributed by atoms with Crippen LogP contribution >= 0.6 is 7.26 Å². The average Bonchev–Trinajstić information content (AvgIpc) is 2.57. The molecule has 0 aromatic heterocycles. The Morgan fingerprint density at radius 3 is 1.93 bits per heavy atom. The first-order valence-corrected chi connectivity index (χ1v) is 13.6. The molecular formula is C15H26Na2O9PS2+. The summed E-state index contributed by atoms with van der Waals surface area (Å²) in [5, 5.41) is 0. The van der Waals surface area contributed by atoms with E-state index in [0.29, 0.717) is 12.2 Å². The van der Waals surface area contributed by atoms with Gasteiger partial charge in [-0.25, -0.2) is 4.79 Å². The van der Waals surface area contributed by atoms with Crippen LogP contribution in [0.25, 0.3) is 0 Å². The Balaban J connectivity index is -0.000000911. The molecule has 1 aromatic carbocycles. The Morgan fingerprint density at radius 1 is 1.00 bits per heavy atom. The second-order valence-corrected chi connectivity index (χ2v) is 13.6. The summed E-state index contributed by atoms with van der Waals surface area (Å²) in [4.78, 5) is 10.1. The van der Waals surface area contributed by atoms with E-state index in [1.807, 2.05) is 0 Å². The third-order valence-corrected chi connectivity index (χ3v) is 11.4. The van der Waals surface area contributed by atoms with Crippen LogP contribution in [0.2, 0.25) is 0 Å². The minimum Gasteiger partial charge on any atom is -1.00 e. The normalized spacial score (nSPS) is 11.8. The van der Waals surface area contributed by atoms with Crippen LogP contribution in [-0.2, 0) is 25.0 Å². The zero-order chi connectivity index (χ0) is 20.9. The number of carbonyl (C=O) groups excluding carboxylic acids is 1. The van der Waals surface area contributed by atoms with Crippen LogP contribution in [0.15, 0.2) is 28.0 Å². The molecule has 0 amide bonds. The molecule has 9 nitrogen and oxygen atoms in total. The van der Waals surface area contributed by atoms with E-state index in [2.05, 4.69) is 20.8 Å². The monoisotopic (exact) mass is 491 g/mol. The molecule has 0 aliphatic carbocycles. The second-order valence-electron chi connectivity index (χ2n) is 5.77. The molecule has 0 spiro atoms. The van der Waals surface area contributed by atoms with Crippen molar-refractivity contribution in [1.82, 2.24) is 0 Å². The fraction of sp³-hybridized carbons (Fsp3) is 0.533. The van der Waals surface area contributed by atoms with Gasteiger partial charge in [-0.3, -0.25) is 9.11 Å². The summed E-state index contributed by atoms with van der Waals surface area (Å²) >= 11 is 0. The van der Waals surface area contributed by atoms with Gasteiger partial charge in [0.1, 0.15) is 11.5 Å². The van der Waals surface area contributed by atoms with Crippen molar-refractivity contribution < 1.29 is 102 Å². The minimum atomic E-state index is -4.92. The molecule has 14 heteroatoms. The van der Waals surface area contributed by atoms with Crippen LogP contribution in [-0.4, -0.2) is 63.4 Å². The van der Waals surface area contributed by atoms with Gasteiger partial charge in [0.05, 0.1) is 29.5 Å². The van der Waals surface area contributed by atoms with Crippen molar-refractivity contribution in [2.75, 3.05) is 31.3 Å². The van der Waals surface area contributed by atoms with E-state index in [0.717, 1.165) is 30.6 Å². The molecule has 2 N–H and O–H groups in total. The van der Waals surface area contributed by atoms with Crippen LogP contribution in [0.5, 0.6) is 5.75 Å². The van der Waals surface area contributed by atoms with Gasteiger partial charge in [0, 0.05) is 7.26 Å². The molecule has 0 saturated carbocycles. The maximum absolute atomic E-state index is 11.8. The Hall–Kier alpha value is 0.740. The first-order chi connectivity index (χ1) is 12.4. The number of hydrogen-bond donors (Lipinski definition) is 2. The molecule has 0 aliphatic heterocycles. The van der Waals surface area contributed by atoms with Crippen LogP contribution in [0.3, 0.4) is 0 Å². The molecule has 29 heavy (non-hydrogen) atoms. The Kier molecular flexibility index (Phi) is 14.7. The van der Waals surface area contributed by atoms with Crippen molar-refractivity contribution in [2.45, 2.75) is 30.6 Å². The van der Waals surface area contributed by atoms with E-state index < -0.39 is 49.2 Å². The average molecular weight is 491 g/mol. The summed E-state index contributed by atoms with van der Waals surface area (Å²) in [7, 11) is -10.8. The number of carbonyl (C=O) groups is 1. The first-order valence-electron chi connectivity index (χ1n) is 8.17. The predicted octanol–water partition coefficient (Wildman–Crippen LogP) is -2.99. The summed E-state index contributed by atoms with van der Waals surface area (Å²) in [6.07, 6.45) is 2.58. The van der Waals surface area contributed by atoms with Gasteiger partial charge in [-0.15, -0.1) is 0 Å². The SMILES string of the molecule is CC[P+](CC)(CC)CCOC(=O)Oc1ccc(S(=O)(=O)O)cc1S(=O)(=O)O.[H-].[H-].[Na+].[Na+]. The van der Waals surface area contributed by atoms with E-state index in [-0.39, 0.29) is 68.6 Å². The van der Waals surface area contributed by atoms with E-state index >= 15 is 0 Å². The fourth-order valence-electron chi connectivity index (χ4n) is 2.52. The smallest absolute Gasteiger partial charge is 1.00 e. The van der Waals surface area contributed by atoms with Gasteiger partial charge >= 0.3 is 65.3 Å².